The smallest absolute Gasteiger partial charge is 0.261 e. The number of amides is 1. The Morgan fingerprint density at radius 2 is 1.96 bits per heavy atom. The Bertz CT molecular complexity index is 970. The molecule has 0 aliphatic rings. The van der Waals surface area contributed by atoms with Crippen LogP contribution in [0.5, 0.6) is 0 Å². The molecule has 0 saturated carbocycles. The first-order valence-electron chi connectivity index (χ1n) is 8.34. The van der Waals surface area contributed by atoms with Gasteiger partial charge >= 0.3 is 0 Å². The second-order valence-electron chi connectivity index (χ2n) is 6.02. The van der Waals surface area contributed by atoms with Crippen molar-refractivity contribution in [2.24, 2.45) is 5.92 Å². The summed E-state index contributed by atoms with van der Waals surface area (Å²) >= 11 is 5.88. The van der Waals surface area contributed by atoms with E-state index in [-0.39, 0.29) is 28.8 Å². The summed E-state index contributed by atoms with van der Waals surface area (Å²) in [5, 5.41) is 9.36. The Morgan fingerprint density at radius 3 is 2.59 bits per heavy atom. The largest absolute Gasteiger partial charge is 0.338 e. The van der Waals surface area contributed by atoms with Gasteiger partial charge in [-0.3, -0.25) is 9.52 Å². The molecular formula is C19H20ClN3O3S. The Hall–Kier alpha value is -2.56. The summed E-state index contributed by atoms with van der Waals surface area (Å²) in [7, 11) is -3.88. The second-order valence-corrected chi connectivity index (χ2v) is 8.14. The molecule has 8 heteroatoms. The fourth-order valence-corrected chi connectivity index (χ4v) is 3.76. The number of hydrogen-bond acceptors (Lipinski definition) is 4. The molecule has 142 valence electrons. The Kier molecular flexibility index (Phi) is 6.83. The second kappa shape index (κ2) is 8.89. The van der Waals surface area contributed by atoms with Crippen molar-refractivity contribution in [1.82, 2.24) is 4.90 Å². The third kappa shape index (κ3) is 5.46. The number of nitrogens with zero attached hydrogens (tertiary/aromatic N) is 2. The lowest BCUT2D eigenvalue weighted by Crippen LogP contribution is -2.34. The van der Waals surface area contributed by atoms with Crippen molar-refractivity contribution in [3.8, 4) is 6.07 Å². The predicted octanol–water partition coefficient (Wildman–Crippen LogP) is 3.76. The number of nitrogens with one attached hydrogen (secondary N) is 1. The SMILES string of the molecule is CCN(CC(C)C#N)C(=O)c1cccc(S(=O)(=O)Nc2cccc(Cl)c2)c1. The van der Waals surface area contributed by atoms with Crippen molar-refractivity contribution in [2.45, 2.75) is 18.7 Å². The molecule has 1 amide bonds. The van der Waals surface area contributed by atoms with E-state index in [4.69, 9.17) is 16.9 Å². The van der Waals surface area contributed by atoms with Crippen molar-refractivity contribution in [2.75, 3.05) is 17.8 Å². The summed E-state index contributed by atoms with van der Waals surface area (Å²) < 4.78 is 27.7. The standard InChI is InChI=1S/C19H20ClN3O3S/c1-3-23(13-14(2)12-21)19(24)15-6-4-9-18(10-15)27(25,26)22-17-8-5-7-16(20)11-17/h4-11,14,22H,3,13H2,1-2H3. The van der Waals surface area contributed by atoms with E-state index >= 15 is 0 Å². The monoisotopic (exact) mass is 405 g/mol. The summed E-state index contributed by atoms with van der Waals surface area (Å²) in [5.41, 5.74) is 0.577. The van der Waals surface area contributed by atoms with Crippen LogP contribution in [0.1, 0.15) is 24.2 Å². The van der Waals surface area contributed by atoms with Crippen LogP contribution >= 0.6 is 11.6 Å². The molecule has 2 rings (SSSR count). The zero-order valence-corrected chi connectivity index (χ0v) is 16.6. The van der Waals surface area contributed by atoms with E-state index in [0.717, 1.165) is 0 Å². The quantitative estimate of drug-likeness (QED) is 0.759. The number of rotatable bonds is 7. The van der Waals surface area contributed by atoms with Gasteiger partial charge < -0.3 is 4.90 Å². The predicted molar refractivity (Wildman–Crippen MR) is 105 cm³/mol. The zero-order valence-electron chi connectivity index (χ0n) is 15.0. The fraction of sp³-hybridized carbons (Fsp3) is 0.263. The average molecular weight is 406 g/mol. The molecule has 1 unspecified atom stereocenters. The minimum atomic E-state index is -3.88. The van der Waals surface area contributed by atoms with Gasteiger partial charge in [0.05, 0.1) is 22.6 Å². The number of anilines is 1. The molecule has 27 heavy (non-hydrogen) atoms. The van der Waals surface area contributed by atoms with Crippen LogP contribution in [0.15, 0.2) is 53.4 Å². The van der Waals surface area contributed by atoms with Gasteiger partial charge in [0.1, 0.15) is 0 Å². The highest BCUT2D eigenvalue weighted by molar-refractivity contribution is 7.92. The van der Waals surface area contributed by atoms with E-state index in [2.05, 4.69) is 10.8 Å². The van der Waals surface area contributed by atoms with Gasteiger partial charge in [-0.1, -0.05) is 23.7 Å². The summed E-state index contributed by atoms with van der Waals surface area (Å²) in [5.74, 6) is -0.635. The van der Waals surface area contributed by atoms with Gasteiger partial charge in [0.25, 0.3) is 15.9 Å². The first-order valence-corrected chi connectivity index (χ1v) is 10.2. The number of nitriles is 1. The van der Waals surface area contributed by atoms with Crippen LogP contribution in [-0.2, 0) is 10.0 Å². The van der Waals surface area contributed by atoms with Gasteiger partial charge in [0.2, 0.25) is 0 Å². The van der Waals surface area contributed by atoms with Crippen LogP contribution in [0, 0.1) is 17.2 Å². The molecule has 0 spiro atoms. The molecule has 0 radical (unpaired) electrons. The van der Waals surface area contributed by atoms with Crippen LogP contribution in [-0.4, -0.2) is 32.3 Å². The number of halogens is 1. The lowest BCUT2D eigenvalue weighted by molar-refractivity contribution is 0.0752. The molecule has 1 atom stereocenters. The highest BCUT2D eigenvalue weighted by Crippen LogP contribution is 2.20. The van der Waals surface area contributed by atoms with Crippen molar-refractivity contribution in [1.29, 1.82) is 5.26 Å². The maximum Gasteiger partial charge on any atom is 0.261 e. The van der Waals surface area contributed by atoms with Crippen molar-refractivity contribution in [3.05, 3.63) is 59.1 Å². The maximum atomic E-state index is 12.7. The van der Waals surface area contributed by atoms with E-state index in [1.165, 1.54) is 29.2 Å². The van der Waals surface area contributed by atoms with E-state index < -0.39 is 10.0 Å². The molecular weight excluding hydrogens is 386 g/mol. The van der Waals surface area contributed by atoms with Gasteiger partial charge in [-0.25, -0.2) is 8.42 Å². The number of benzene rings is 2. The Labute approximate surface area is 164 Å². The molecule has 0 bridgehead atoms. The number of carbonyl (C=O) groups is 1. The summed E-state index contributed by atoms with van der Waals surface area (Å²) in [6.07, 6.45) is 0. The average Bonchev–Trinajstić information content (AvgIpc) is 2.65. The lowest BCUT2D eigenvalue weighted by Gasteiger charge is -2.22. The van der Waals surface area contributed by atoms with E-state index in [1.807, 2.05) is 6.92 Å². The van der Waals surface area contributed by atoms with Crippen LogP contribution in [0.25, 0.3) is 0 Å². The Balaban J connectivity index is 2.28. The topological polar surface area (TPSA) is 90.3 Å². The number of sulfonamides is 1. The van der Waals surface area contributed by atoms with Crippen LogP contribution in [0.2, 0.25) is 5.02 Å². The molecule has 0 heterocycles. The molecule has 0 aromatic heterocycles. The van der Waals surface area contributed by atoms with Gasteiger partial charge in [0, 0.05) is 23.7 Å². The lowest BCUT2D eigenvalue weighted by atomic mass is 10.1. The van der Waals surface area contributed by atoms with Crippen molar-refractivity contribution >= 4 is 33.2 Å². The summed E-state index contributed by atoms with van der Waals surface area (Å²) in [6, 6.07) is 14.3. The highest BCUT2D eigenvalue weighted by atomic mass is 35.5. The molecule has 0 aliphatic carbocycles. The molecule has 0 fully saturated rings. The van der Waals surface area contributed by atoms with Crippen LogP contribution in [0.3, 0.4) is 0 Å². The molecule has 0 aliphatic heterocycles. The molecule has 0 saturated heterocycles. The molecule has 2 aromatic rings. The highest BCUT2D eigenvalue weighted by Gasteiger charge is 2.20. The van der Waals surface area contributed by atoms with Gasteiger partial charge in [-0.05, 0) is 50.2 Å². The Morgan fingerprint density at radius 1 is 1.26 bits per heavy atom. The third-order valence-corrected chi connectivity index (χ3v) is 5.47. The minimum Gasteiger partial charge on any atom is -0.338 e. The number of carbonyl (C=O) groups excluding carboxylic acids is 1. The first-order chi connectivity index (χ1) is 12.8. The van der Waals surface area contributed by atoms with E-state index in [0.29, 0.717) is 17.3 Å². The van der Waals surface area contributed by atoms with Crippen LogP contribution < -0.4 is 4.72 Å². The van der Waals surface area contributed by atoms with E-state index in [1.54, 1.807) is 31.2 Å². The van der Waals surface area contributed by atoms with Gasteiger partial charge in [-0.15, -0.1) is 0 Å². The molecule has 1 N–H and O–H groups in total. The van der Waals surface area contributed by atoms with Gasteiger partial charge in [0.15, 0.2) is 0 Å². The summed E-state index contributed by atoms with van der Waals surface area (Å²) in [4.78, 5) is 14.2. The van der Waals surface area contributed by atoms with E-state index in [9.17, 15) is 13.2 Å². The normalized spacial score (nSPS) is 12.1. The first kappa shape index (κ1) is 20.7. The summed E-state index contributed by atoms with van der Waals surface area (Å²) in [6.45, 7) is 4.24. The molecule has 2 aromatic carbocycles. The maximum absolute atomic E-state index is 12.7. The fourth-order valence-electron chi connectivity index (χ4n) is 2.47. The van der Waals surface area contributed by atoms with Crippen LogP contribution in [0.4, 0.5) is 5.69 Å². The van der Waals surface area contributed by atoms with Crippen molar-refractivity contribution < 1.29 is 13.2 Å². The number of hydrogen-bond donors (Lipinski definition) is 1. The third-order valence-electron chi connectivity index (χ3n) is 3.85. The molecule has 6 nitrogen and oxygen atoms in total. The van der Waals surface area contributed by atoms with Gasteiger partial charge in [-0.2, -0.15) is 5.26 Å². The minimum absolute atomic E-state index is 0.0299. The van der Waals surface area contributed by atoms with Crippen molar-refractivity contribution in [3.63, 3.8) is 0 Å². The zero-order chi connectivity index (χ0) is 20.0.